The Morgan fingerprint density at radius 2 is 1.96 bits per heavy atom. The van der Waals surface area contributed by atoms with Gasteiger partial charge in [0.25, 0.3) is 5.69 Å². The fraction of sp³-hybridized carbons (Fsp3) is 0.235. The van der Waals surface area contributed by atoms with Crippen LogP contribution < -0.4 is 10.1 Å². The minimum atomic E-state index is -0.771. The molecule has 2 aromatic carbocycles. The van der Waals surface area contributed by atoms with Gasteiger partial charge >= 0.3 is 0 Å². The Morgan fingerprint density at radius 1 is 1.29 bits per heavy atom. The number of anilines is 1. The Kier molecular flexibility index (Phi) is 5.49. The fourth-order valence-electron chi connectivity index (χ4n) is 2.25. The van der Waals surface area contributed by atoms with Crippen LogP contribution >= 0.6 is 0 Å². The summed E-state index contributed by atoms with van der Waals surface area (Å²) in [5, 5.41) is 24.1. The summed E-state index contributed by atoms with van der Waals surface area (Å²) in [6.45, 7) is 1.47. The number of carbonyl (C=O) groups excluding carboxylic acids is 1. The number of ether oxygens (including phenoxy) is 1. The number of nitro benzene ring substituents is 1. The third-order valence-corrected chi connectivity index (χ3v) is 3.57. The van der Waals surface area contributed by atoms with Crippen LogP contribution in [-0.4, -0.2) is 29.5 Å². The highest BCUT2D eigenvalue weighted by Crippen LogP contribution is 2.24. The van der Waals surface area contributed by atoms with Gasteiger partial charge in [0.1, 0.15) is 5.75 Å². The maximum atomic E-state index is 11.5. The van der Waals surface area contributed by atoms with E-state index < -0.39 is 11.0 Å². The predicted molar refractivity (Wildman–Crippen MR) is 89.5 cm³/mol. The molecule has 0 heterocycles. The molecule has 0 aliphatic heterocycles. The van der Waals surface area contributed by atoms with Gasteiger partial charge in [-0.25, -0.2) is 0 Å². The molecular formula is C17H18N2O5. The fourth-order valence-corrected chi connectivity index (χ4v) is 2.25. The number of ketones is 1. The number of carbonyl (C=O) groups is 1. The van der Waals surface area contributed by atoms with E-state index >= 15 is 0 Å². The second kappa shape index (κ2) is 7.56. The van der Waals surface area contributed by atoms with Gasteiger partial charge in [0.15, 0.2) is 5.78 Å². The standard InChI is InChI=1S/C17H18N2O5/c1-11(20)15-9-13(5-8-16(15)19(22)23)18-10-17(21)12-3-6-14(24-2)7-4-12/h3-9,17-18,21H,10H2,1-2H3/t17-/m1/s1. The van der Waals surface area contributed by atoms with Crippen molar-refractivity contribution < 1.29 is 19.6 Å². The Balaban J connectivity index is 2.09. The van der Waals surface area contributed by atoms with E-state index in [1.54, 1.807) is 31.4 Å². The van der Waals surface area contributed by atoms with Gasteiger partial charge in [0, 0.05) is 18.3 Å². The molecule has 0 aliphatic rings. The molecule has 0 bridgehead atoms. The smallest absolute Gasteiger partial charge is 0.280 e. The van der Waals surface area contributed by atoms with Crippen molar-refractivity contribution in [1.29, 1.82) is 0 Å². The van der Waals surface area contributed by atoms with Crippen molar-refractivity contribution in [2.75, 3.05) is 19.0 Å². The number of nitrogens with zero attached hydrogens (tertiary/aromatic N) is 1. The minimum absolute atomic E-state index is 0.0314. The number of nitro groups is 1. The first-order valence-electron chi connectivity index (χ1n) is 7.27. The highest BCUT2D eigenvalue weighted by atomic mass is 16.6. The summed E-state index contributed by atoms with van der Waals surface area (Å²) < 4.78 is 5.06. The van der Waals surface area contributed by atoms with Crippen LogP contribution in [0.15, 0.2) is 42.5 Å². The molecule has 7 heteroatoms. The molecule has 0 spiro atoms. The highest BCUT2D eigenvalue weighted by Gasteiger charge is 2.18. The van der Waals surface area contributed by atoms with Crippen LogP contribution in [0.3, 0.4) is 0 Å². The zero-order valence-corrected chi connectivity index (χ0v) is 13.4. The number of aliphatic hydroxyl groups excluding tert-OH is 1. The second-order valence-corrected chi connectivity index (χ2v) is 5.22. The molecule has 0 saturated heterocycles. The number of hydrogen-bond donors (Lipinski definition) is 2. The number of rotatable bonds is 7. The average molecular weight is 330 g/mol. The van der Waals surface area contributed by atoms with E-state index in [1.165, 1.54) is 25.1 Å². The molecule has 24 heavy (non-hydrogen) atoms. The van der Waals surface area contributed by atoms with Crippen molar-refractivity contribution in [3.63, 3.8) is 0 Å². The maximum Gasteiger partial charge on any atom is 0.280 e. The van der Waals surface area contributed by atoms with Gasteiger partial charge in [-0.05, 0) is 36.8 Å². The molecule has 2 rings (SSSR count). The maximum absolute atomic E-state index is 11.5. The number of aliphatic hydroxyl groups is 1. The monoisotopic (exact) mass is 330 g/mol. The minimum Gasteiger partial charge on any atom is -0.497 e. The van der Waals surface area contributed by atoms with Crippen molar-refractivity contribution in [1.82, 2.24) is 0 Å². The molecule has 0 aromatic heterocycles. The van der Waals surface area contributed by atoms with Gasteiger partial charge in [-0.1, -0.05) is 12.1 Å². The van der Waals surface area contributed by atoms with Crippen LogP contribution in [0, 0.1) is 10.1 Å². The molecule has 1 atom stereocenters. The van der Waals surface area contributed by atoms with Gasteiger partial charge in [-0.3, -0.25) is 14.9 Å². The summed E-state index contributed by atoms with van der Waals surface area (Å²) in [5.41, 5.74) is 1.03. The largest absolute Gasteiger partial charge is 0.497 e. The number of methoxy groups -OCH3 is 1. The van der Waals surface area contributed by atoms with Crippen LogP contribution in [0.2, 0.25) is 0 Å². The molecule has 2 N–H and O–H groups in total. The van der Waals surface area contributed by atoms with Gasteiger partial charge in [-0.15, -0.1) is 0 Å². The zero-order valence-electron chi connectivity index (χ0n) is 13.4. The average Bonchev–Trinajstić information content (AvgIpc) is 2.59. The zero-order chi connectivity index (χ0) is 17.7. The lowest BCUT2D eigenvalue weighted by Gasteiger charge is -2.14. The molecular weight excluding hydrogens is 312 g/mol. The summed E-state index contributed by atoms with van der Waals surface area (Å²) in [6, 6.07) is 11.2. The normalized spacial score (nSPS) is 11.6. The molecule has 0 saturated carbocycles. The first-order chi connectivity index (χ1) is 11.4. The SMILES string of the molecule is COc1ccc([C@H](O)CNc2ccc([N+](=O)[O-])c(C(C)=O)c2)cc1. The lowest BCUT2D eigenvalue weighted by Crippen LogP contribution is -2.12. The second-order valence-electron chi connectivity index (χ2n) is 5.22. The topological polar surface area (TPSA) is 102 Å². The summed E-state index contributed by atoms with van der Waals surface area (Å²) >= 11 is 0. The van der Waals surface area contributed by atoms with Crippen LogP contribution in [-0.2, 0) is 0 Å². The van der Waals surface area contributed by atoms with E-state index in [1.807, 2.05) is 0 Å². The summed E-state index contributed by atoms with van der Waals surface area (Å²) in [7, 11) is 1.56. The Bertz CT molecular complexity index is 743. The summed E-state index contributed by atoms with van der Waals surface area (Å²) in [5.74, 6) is 0.307. The van der Waals surface area contributed by atoms with E-state index in [9.17, 15) is 20.0 Å². The van der Waals surface area contributed by atoms with Gasteiger partial charge in [0.2, 0.25) is 0 Å². The highest BCUT2D eigenvalue weighted by molar-refractivity contribution is 5.99. The van der Waals surface area contributed by atoms with E-state index in [2.05, 4.69) is 5.32 Å². The van der Waals surface area contributed by atoms with Crippen molar-refractivity contribution in [2.45, 2.75) is 13.0 Å². The molecule has 7 nitrogen and oxygen atoms in total. The third-order valence-electron chi connectivity index (χ3n) is 3.57. The van der Waals surface area contributed by atoms with E-state index in [0.717, 1.165) is 0 Å². The summed E-state index contributed by atoms with van der Waals surface area (Å²) in [4.78, 5) is 21.9. The van der Waals surface area contributed by atoms with Crippen molar-refractivity contribution in [3.8, 4) is 5.75 Å². The lowest BCUT2D eigenvalue weighted by atomic mass is 10.1. The molecule has 126 valence electrons. The molecule has 0 amide bonds. The van der Waals surface area contributed by atoms with Crippen molar-refractivity contribution in [2.24, 2.45) is 0 Å². The van der Waals surface area contributed by atoms with Gasteiger partial charge in [-0.2, -0.15) is 0 Å². The van der Waals surface area contributed by atoms with Crippen LogP contribution in [0.5, 0.6) is 5.75 Å². The Hall–Kier alpha value is -2.93. The molecule has 0 radical (unpaired) electrons. The lowest BCUT2D eigenvalue weighted by molar-refractivity contribution is -0.385. The van der Waals surface area contributed by atoms with E-state index in [-0.39, 0.29) is 23.6 Å². The molecule has 0 aliphatic carbocycles. The molecule has 2 aromatic rings. The number of Topliss-reactive ketones (excluding diaryl/α,β-unsaturated/α-hetero) is 1. The van der Waals surface area contributed by atoms with Gasteiger partial charge in [0.05, 0.1) is 23.7 Å². The number of hydrogen-bond acceptors (Lipinski definition) is 6. The molecule has 0 unspecified atom stereocenters. The predicted octanol–water partition coefficient (Wildman–Crippen LogP) is 2.95. The van der Waals surface area contributed by atoms with Crippen LogP contribution in [0.25, 0.3) is 0 Å². The van der Waals surface area contributed by atoms with Crippen molar-refractivity contribution in [3.05, 3.63) is 63.7 Å². The third kappa shape index (κ3) is 4.08. The van der Waals surface area contributed by atoms with E-state index in [0.29, 0.717) is 17.0 Å². The Labute approximate surface area is 139 Å². The van der Waals surface area contributed by atoms with Gasteiger partial charge < -0.3 is 15.2 Å². The van der Waals surface area contributed by atoms with Crippen LogP contribution in [0.1, 0.15) is 28.9 Å². The first-order valence-corrected chi connectivity index (χ1v) is 7.27. The molecule has 0 fully saturated rings. The number of benzene rings is 2. The van der Waals surface area contributed by atoms with Crippen LogP contribution in [0.4, 0.5) is 11.4 Å². The quantitative estimate of drug-likeness (QED) is 0.460. The Morgan fingerprint density at radius 3 is 2.50 bits per heavy atom. The number of nitrogens with one attached hydrogen (secondary N) is 1. The van der Waals surface area contributed by atoms with Crippen molar-refractivity contribution >= 4 is 17.2 Å². The summed E-state index contributed by atoms with van der Waals surface area (Å²) in [6.07, 6.45) is -0.771. The first kappa shape index (κ1) is 17.4. The van der Waals surface area contributed by atoms with E-state index in [4.69, 9.17) is 4.74 Å².